The van der Waals surface area contributed by atoms with E-state index < -0.39 is 17.4 Å². The maximum Gasteiger partial charge on any atom is 0.323 e. The number of rotatable bonds is 7. The maximum atomic E-state index is 12.1. The highest BCUT2D eigenvalue weighted by molar-refractivity contribution is 6.30. The molecule has 1 N–H and O–H groups in total. The van der Waals surface area contributed by atoms with E-state index in [0.29, 0.717) is 11.4 Å². The first-order chi connectivity index (χ1) is 9.46. The van der Waals surface area contributed by atoms with E-state index in [2.05, 4.69) is 0 Å². The molecule has 0 aliphatic carbocycles. The molecule has 110 valence electrons. The summed E-state index contributed by atoms with van der Waals surface area (Å²) in [6.07, 6.45) is 0.925. The number of carboxylic acids is 1. The van der Waals surface area contributed by atoms with Gasteiger partial charge in [0.2, 0.25) is 0 Å². The summed E-state index contributed by atoms with van der Waals surface area (Å²) in [5.41, 5.74) is -0.781. The number of ether oxygens (including phenoxy) is 1. The minimum absolute atomic E-state index is 0.103. The predicted molar refractivity (Wildman–Crippen MR) is 76.8 cm³/mol. The van der Waals surface area contributed by atoms with Crippen molar-refractivity contribution in [1.82, 2.24) is 0 Å². The van der Waals surface area contributed by atoms with Crippen molar-refractivity contribution in [3.05, 3.63) is 34.9 Å². The Hall–Kier alpha value is -1.55. The molecular weight excluding hydrogens is 280 g/mol. The molecule has 1 aromatic rings. The third-order valence-corrected chi connectivity index (χ3v) is 3.42. The quantitative estimate of drug-likeness (QED) is 0.619. The summed E-state index contributed by atoms with van der Waals surface area (Å²) in [5, 5.41) is 10.1. The van der Waals surface area contributed by atoms with Crippen LogP contribution in [0.1, 0.15) is 32.3 Å². The lowest BCUT2D eigenvalue weighted by molar-refractivity contribution is -0.169. The number of carbonyl (C=O) groups excluding carboxylic acids is 1. The molecule has 1 unspecified atom stereocenters. The SMILES string of the molecule is CCCC(Cc1ccc(Cl)cc1)(C(=O)O)C(=O)OCC. The van der Waals surface area contributed by atoms with Crippen molar-refractivity contribution in [3.8, 4) is 0 Å². The topological polar surface area (TPSA) is 63.6 Å². The zero-order valence-corrected chi connectivity index (χ0v) is 12.4. The third-order valence-electron chi connectivity index (χ3n) is 3.17. The molecular formula is C15H19ClO4. The van der Waals surface area contributed by atoms with Crippen LogP contribution in [0.15, 0.2) is 24.3 Å². The predicted octanol–water partition coefficient (Wildman–Crippen LogP) is 3.32. The van der Waals surface area contributed by atoms with E-state index in [-0.39, 0.29) is 19.4 Å². The van der Waals surface area contributed by atoms with Crippen molar-refractivity contribution in [1.29, 1.82) is 0 Å². The van der Waals surface area contributed by atoms with E-state index in [1.807, 2.05) is 6.92 Å². The van der Waals surface area contributed by atoms with E-state index in [1.54, 1.807) is 31.2 Å². The third kappa shape index (κ3) is 3.73. The van der Waals surface area contributed by atoms with Crippen molar-refractivity contribution in [2.24, 2.45) is 5.41 Å². The van der Waals surface area contributed by atoms with Crippen molar-refractivity contribution in [2.45, 2.75) is 33.1 Å². The van der Waals surface area contributed by atoms with Gasteiger partial charge in [-0.2, -0.15) is 0 Å². The molecule has 0 spiro atoms. The Morgan fingerprint density at radius 2 is 1.85 bits per heavy atom. The summed E-state index contributed by atoms with van der Waals surface area (Å²) in [5.74, 6) is -1.82. The molecule has 1 atom stereocenters. The summed E-state index contributed by atoms with van der Waals surface area (Å²) in [7, 11) is 0. The Labute approximate surface area is 123 Å². The molecule has 1 aromatic carbocycles. The second-order valence-electron chi connectivity index (χ2n) is 4.66. The number of carbonyl (C=O) groups is 2. The number of benzene rings is 1. The van der Waals surface area contributed by atoms with Gasteiger partial charge in [0, 0.05) is 5.02 Å². The van der Waals surface area contributed by atoms with Gasteiger partial charge in [0.1, 0.15) is 0 Å². The molecule has 20 heavy (non-hydrogen) atoms. The number of halogens is 1. The van der Waals surface area contributed by atoms with Crippen LogP contribution >= 0.6 is 11.6 Å². The van der Waals surface area contributed by atoms with Gasteiger partial charge < -0.3 is 9.84 Å². The van der Waals surface area contributed by atoms with Crippen LogP contribution in [0.4, 0.5) is 0 Å². The normalized spacial score (nSPS) is 13.6. The number of esters is 1. The molecule has 0 bridgehead atoms. The van der Waals surface area contributed by atoms with Crippen molar-refractivity contribution in [2.75, 3.05) is 6.61 Å². The lowest BCUT2D eigenvalue weighted by atomic mass is 9.78. The molecule has 0 heterocycles. The highest BCUT2D eigenvalue weighted by atomic mass is 35.5. The standard InChI is InChI=1S/C15H19ClO4/c1-3-9-15(13(17)18,14(19)20-4-2)10-11-5-7-12(16)8-6-11/h5-8H,3-4,9-10H2,1-2H3,(H,17,18). The molecule has 0 amide bonds. The van der Waals surface area contributed by atoms with Crippen LogP contribution in [0, 0.1) is 5.41 Å². The molecule has 0 aromatic heterocycles. The highest BCUT2D eigenvalue weighted by Crippen LogP contribution is 2.31. The first kappa shape index (κ1) is 16.5. The number of hydrogen-bond donors (Lipinski definition) is 1. The fraction of sp³-hybridized carbons (Fsp3) is 0.467. The van der Waals surface area contributed by atoms with E-state index in [1.165, 1.54) is 0 Å². The van der Waals surface area contributed by atoms with Crippen LogP contribution in [0.3, 0.4) is 0 Å². The minimum atomic E-state index is -1.53. The second-order valence-corrected chi connectivity index (χ2v) is 5.10. The fourth-order valence-electron chi connectivity index (χ4n) is 2.18. The van der Waals surface area contributed by atoms with Gasteiger partial charge >= 0.3 is 11.9 Å². The van der Waals surface area contributed by atoms with E-state index in [9.17, 15) is 14.7 Å². The Bertz CT molecular complexity index is 469. The van der Waals surface area contributed by atoms with Gasteiger partial charge in [0.15, 0.2) is 5.41 Å². The fourth-order valence-corrected chi connectivity index (χ4v) is 2.31. The van der Waals surface area contributed by atoms with Crippen LogP contribution in [0.25, 0.3) is 0 Å². The number of carboxylic acid groups (broad SMARTS) is 1. The molecule has 0 saturated carbocycles. The van der Waals surface area contributed by atoms with Crippen molar-refractivity contribution in [3.63, 3.8) is 0 Å². The largest absolute Gasteiger partial charge is 0.480 e. The molecule has 0 aliphatic heterocycles. The lowest BCUT2D eigenvalue weighted by Crippen LogP contribution is -2.42. The Morgan fingerprint density at radius 1 is 1.25 bits per heavy atom. The summed E-state index contributed by atoms with van der Waals surface area (Å²) >= 11 is 5.81. The monoisotopic (exact) mass is 298 g/mol. The average molecular weight is 299 g/mol. The van der Waals surface area contributed by atoms with Gasteiger partial charge in [-0.25, -0.2) is 0 Å². The zero-order chi connectivity index (χ0) is 15.2. The van der Waals surface area contributed by atoms with E-state index >= 15 is 0 Å². The zero-order valence-electron chi connectivity index (χ0n) is 11.7. The number of hydrogen-bond acceptors (Lipinski definition) is 3. The summed E-state index contributed by atoms with van der Waals surface area (Å²) in [4.78, 5) is 23.8. The Balaban J connectivity index is 3.11. The van der Waals surface area contributed by atoms with Crippen LogP contribution in [0.2, 0.25) is 5.02 Å². The van der Waals surface area contributed by atoms with Crippen LogP contribution < -0.4 is 0 Å². The molecule has 4 nitrogen and oxygen atoms in total. The van der Waals surface area contributed by atoms with Gasteiger partial charge in [-0.15, -0.1) is 0 Å². The van der Waals surface area contributed by atoms with Crippen molar-refractivity contribution >= 4 is 23.5 Å². The molecule has 5 heteroatoms. The van der Waals surface area contributed by atoms with Crippen LogP contribution in [0.5, 0.6) is 0 Å². The van der Waals surface area contributed by atoms with Gasteiger partial charge in [0.05, 0.1) is 6.61 Å². The summed E-state index contributed by atoms with van der Waals surface area (Å²) in [6, 6.07) is 6.82. The molecule has 1 rings (SSSR count). The minimum Gasteiger partial charge on any atom is -0.480 e. The molecule has 0 aliphatic rings. The van der Waals surface area contributed by atoms with Crippen LogP contribution in [-0.4, -0.2) is 23.7 Å². The first-order valence-corrected chi connectivity index (χ1v) is 6.99. The smallest absolute Gasteiger partial charge is 0.323 e. The van der Waals surface area contributed by atoms with Crippen molar-refractivity contribution < 1.29 is 19.4 Å². The van der Waals surface area contributed by atoms with Gasteiger partial charge in [-0.3, -0.25) is 9.59 Å². The second kappa shape index (κ2) is 7.29. The van der Waals surface area contributed by atoms with Crippen LogP contribution in [-0.2, 0) is 20.7 Å². The Kier molecular flexibility index (Phi) is 6.02. The number of aliphatic carboxylic acids is 1. The first-order valence-electron chi connectivity index (χ1n) is 6.61. The highest BCUT2D eigenvalue weighted by Gasteiger charge is 2.46. The van der Waals surface area contributed by atoms with Gasteiger partial charge in [-0.05, 0) is 37.5 Å². The molecule has 0 saturated heterocycles. The molecule has 0 fully saturated rings. The average Bonchev–Trinajstić information content (AvgIpc) is 2.40. The van der Waals surface area contributed by atoms with E-state index in [0.717, 1.165) is 5.56 Å². The summed E-state index contributed by atoms with van der Waals surface area (Å²) in [6.45, 7) is 3.68. The molecule has 0 radical (unpaired) electrons. The van der Waals surface area contributed by atoms with Gasteiger partial charge in [0.25, 0.3) is 0 Å². The maximum absolute atomic E-state index is 12.1. The van der Waals surface area contributed by atoms with E-state index in [4.69, 9.17) is 16.3 Å². The Morgan fingerprint density at radius 3 is 2.30 bits per heavy atom. The lowest BCUT2D eigenvalue weighted by Gasteiger charge is -2.26. The summed E-state index contributed by atoms with van der Waals surface area (Å²) < 4.78 is 4.97. The van der Waals surface area contributed by atoms with Gasteiger partial charge in [-0.1, -0.05) is 37.1 Å².